The van der Waals surface area contributed by atoms with Gasteiger partial charge in [-0.05, 0) is 37.1 Å². The van der Waals surface area contributed by atoms with Crippen molar-refractivity contribution in [2.24, 2.45) is 0 Å². The summed E-state index contributed by atoms with van der Waals surface area (Å²) in [4.78, 5) is 9.37. The quantitative estimate of drug-likeness (QED) is 0.694. The number of para-hydroxylation sites is 2. The number of nitrogens with zero attached hydrogens (tertiary/aromatic N) is 4. The molecule has 0 saturated heterocycles. The topological polar surface area (TPSA) is 13.0 Å². The third-order valence-electron chi connectivity index (χ3n) is 4.90. The Morgan fingerprint density at radius 3 is 1.38 bits per heavy atom. The number of rotatable bonds is 7. The minimum atomic E-state index is 0.954. The number of benzene rings is 2. The van der Waals surface area contributed by atoms with Crippen LogP contribution in [0.1, 0.15) is 12.8 Å². The lowest BCUT2D eigenvalue weighted by molar-refractivity contribution is 0.354. The van der Waals surface area contributed by atoms with Crippen LogP contribution in [0.25, 0.3) is 0 Å². The minimum absolute atomic E-state index is 0.954. The molecule has 4 rings (SSSR count). The molecule has 0 spiro atoms. The van der Waals surface area contributed by atoms with Crippen LogP contribution in [0.4, 0.5) is 11.4 Å². The predicted molar refractivity (Wildman–Crippen MR) is 109 cm³/mol. The summed E-state index contributed by atoms with van der Waals surface area (Å²) in [6, 6.07) is 21.1. The number of hydrogen-bond acceptors (Lipinski definition) is 4. The van der Waals surface area contributed by atoms with Crippen LogP contribution in [0, 0.1) is 0 Å². The van der Waals surface area contributed by atoms with Gasteiger partial charge in [0, 0.05) is 49.3 Å². The van der Waals surface area contributed by atoms with E-state index in [0.717, 1.165) is 26.4 Å². The van der Waals surface area contributed by atoms with E-state index in [-0.39, 0.29) is 0 Å². The summed E-state index contributed by atoms with van der Waals surface area (Å²) in [7, 11) is 0. The molecule has 4 nitrogen and oxygen atoms in total. The van der Waals surface area contributed by atoms with Crippen LogP contribution < -0.4 is 9.80 Å². The lowest BCUT2D eigenvalue weighted by atomic mass is 10.3. The molecule has 0 aliphatic carbocycles. The molecule has 2 heterocycles. The zero-order valence-electron chi connectivity index (χ0n) is 15.1. The second kappa shape index (κ2) is 8.00. The highest BCUT2D eigenvalue weighted by atomic mass is 15.3. The van der Waals surface area contributed by atoms with Crippen molar-refractivity contribution in [3.8, 4) is 0 Å². The van der Waals surface area contributed by atoms with Gasteiger partial charge in [-0.3, -0.25) is 0 Å². The third-order valence-corrected chi connectivity index (χ3v) is 4.90. The van der Waals surface area contributed by atoms with Crippen LogP contribution in [-0.2, 0) is 0 Å². The smallest absolute Gasteiger partial charge is 0.0941 e. The maximum Gasteiger partial charge on any atom is 0.0941 e. The zero-order chi connectivity index (χ0) is 17.6. The summed E-state index contributed by atoms with van der Waals surface area (Å²) in [5.41, 5.74) is 2.52. The Bertz CT molecular complexity index is 676. The molecule has 4 heteroatoms. The van der Waals surface area contributed by atoms with Gasteiger partial charge in [0.15, 0.2) is 0 Å². The first-order chi connectivity index (χ1) is 12.9. The number of anilines is 2. The van der Waals surface area contributed by atoms with Gasteiger partial charge < -0.3 is 19.6 Å². The Kier molecular flexibility index (Phi) is 5.10. The molecule has 0 radical (unpaired) electrons. The van der Waals surface area contributed by atoms with Crippen molar-refractivity contribution < 1.29 is 0 Å². The molecule has 2 aliphatic heterocycles. The van der Waals surface area contributed by atoms with Gasteiger partial charge in [0.25, 0.3) is 0 Å². The normalized spacial score (nSPS) is 16.2. The largest absolute Gasteiger partial charge is 0.358 e. The van der Waals surface area contributed by atoms with E-state index >= 15 is 0 Å². The fraction of sp³-hybridized carbons (Fsp3) is 0.273. The molecular formula is C22H26N4. The fourth-order valence-electron chi connectivity index (χ4n) is 3.42. The number of unbranched alkanes of at least 4 members (excludes halogenated alkanes) is 1. The van der Waals surface area contributed by atoms with Crippen molar-refractivity contribution in [2.75, 3.05) is 36.2 Å². The molecule has 2 aromatic rings. The maximum atomic E-state index is 2.39. The molecule has 0 N–H and O–H groups in total. The van der Waals surface area contributed by atoms with Crippen molar-refractivity contribution in [3.05, 3.63) is 85.5 Å². The molecular weight excluding hydrogens is 320 g/mol. The monoisotopic (exact) mass is 346 g/mol. The van der Waals surface area contributed by atoms with Crippen molar-refractivity contribution in [1.82, 2.24) is 9.80 Å². The van der Waals surface area contributed by atoms with E-state index in [2.05, 4.69) is 105 Å². The third kappa shape index (κ3) is 4.02. The van der Waals surface area contributed by atoms with Gasteiger partial charge in [-0.25, -0.2) is 0 Å². The molecule has 0 fully saturated rings. The molecule has 0 bridgehead atoms. The molecule has 0 atom stereocenters. The van der Waals surface area contributed by atoms with Crippen molar-refractivity contribution in [2.45, 2.75) is 12.8 Å². The Hall–Kier alpha value is -2.88. The standard InChI is InChI=1S/C22H26N4/c1-3-9-21(10-4-1)25-17-15-23(19-25)13-7-8-14-24-16-18-26(20-24)22-11-5-2-6-12-22/h1-6,9-12,15-18H,7-8,13-14,19-20H2. The van der Waals surface area contributed by atoms with Gasteiger partial charge >= 0.3 is 0 Å². The van der Waals surface area contributed by atoms with Crippen LogP contribution in [0.5, 0.6) is 0 Å². The van der Waals surface area contributed by atoms with E-state index in [9.17, 15) is 0 Å². The highest BCUT2D eigenvalue weighted by molar-refractivity contribution is 5.50. The Balaban J connectivity index is 1.15. The maximum absolute atomic E-state index is 2.39. The molecule has 0 amide bonds. The lowest BCUT2D eigenvalue weighted by Crippen LogP contribution is -2.27. The predicted octanol–water partition coefficient (Wildman–Crippen LogP) is 4.27. The first kappa shape index (κ1) is 16.6. The minimum Gasteiger partial charge on any atom is -0.358 e. The van der Waals surface area contributed by atoms with Gasteiger partial charge in [0.1, 0.15) is 0 Å². The average molecular weight is 346 g/mol. The SMILES string of the molecule is C1=CN(c2ccccc2)CN1CCCCN1C=CN(c2ccccc2)C1. The summed E-state index contributed by atoms with van der Waals surface area (Å²) in [5, 5.41) is 0. The Morgan fingerprint density at radius 2 is 0.962 bits per heavy atom. The fourth-order valence-corrected chi connectivity index (χ4v) is 3.42. The molecule has 0 unspecified atom stereocenters. The van der Waals surface area contributed by atoms with Crippen LogP contribution in [0.3, 0.4) is 0 Å². The molecule has 0 saturated carbocycles. The van der Waals surface area contributed by atoms with E-state index in [4.69, 9.17) is 0 Å². The van der Waals surface area contributed by atoms with E-state index in [1.54, 1.807) is 0 Å². The zero-order valence-corrected chi connectivity index (χ0v) is 15.1. The van der Waals surface area contributed by atoms with E-state index in [1.165, 1.54) is 24.2 Å². The van der Waals surface area contributed by atoms with Crippen molar-refractivity contribution in [3.63, 3.8) is 0 Å². The van der Waals surface area contributed by atoms with Crippen LogP contribution in [0.2, 0.25) is 0 Å². The molecule has 134 valence electrons. The Labute approximate surface area is 156 Å². The van der Waals surface area contributed by atoms with Gasteiger partial charge in [-0.1, -0.05) is 36.4 Å². The first-order valence-corrected chi connectivity index (χ1v) is 9.37. The molecule has 26 heavy (non-hydrogen) atoms. The summed E-state index contributed by atoms with van der Waals surface area (Å²) >= 11 is 0. The summed E-state index contributed by atoms with van der Waals surface area (Å²) < 4.78 is 0. The summed E-state index contributed by atoms with van der Waals surface area (Å²) in [6.45, 7) is 4.13. The van der Waals surface area contributed by atoms with E-state index in [1.807, 2.05) is 0 Å². The van der Waals surface area contributed by atoms with Crippen molar-refractivity contribution >= 4 is 11.4 Å². The van der Waals surface area contributed by atoms with Crippen molar-refractivity contribution in [1.29, 1.82) is 0 Å². The highest BCUT2D eigenvalue weighted by Gasteiger charge is 2.15. The van der Waals surface area contributed by atoms with Gasteiger partial charge in [-0.15, -0.1) is 0 Å². The van der Waals surface area contributed by atoms with E-state index < -0.39 is 0 Å². The summed E-state index contributed by atoms with van der Waals surface area (Å²) in [5.74, 6) is 0. The van der Waals surface area contributed by atoms with Crippen LogP contribution in [-0.4, -0.2) is 36.2 Å². The molecule has 2 aliphatic rings. The van der Waals surface area contributed by atoms with Gasteiger partial charge in [-0.2, -0.15) is 0 Å². The average Bonchev–Trinajstić information content (AvgIpc) is 3.37. The van der Waals surface area contributed by atoms with Crippen LogP contribution >= 0.6 is 0 Å². The van der Waals surface area contributed by atoms with Gasteiger partial charge in [0.05, 0.1) is 13.3 Å². The Morgan fingerprint density at radius 1 is 0.538 bits per heavy atom. The molecule has 2 aromatic carbocycles. The second-order valence-corrected chi connectivity index (χ2v) is 6.82. The van der Waals surface area contributed by atoms with Crippen LogP contribution in [0.15, 0.2) is 85.5 Å². The highest BCUT2D eigenvalue weighted by Crippen LogP contribution is 2.20. The molecule has 0 aromatic heterocycles. The second-order valence-electron chi connectivity index (χ2n) is 6.82. The van der Waals surface area contributed by atoms with E-state index in [0.29, 0.717) is 0 Å². The number of hydrogen-bond donors (Lipinski definition) is 0. The van der Waals surface area contributed by atoms with Gasteiger partial charge in [0.2, 0.25) is 0 Å². The first-order valence-electron chi connectivity index (χ1n) is 9.37. The summed E-state index contributed by atoms with van der Waals surface area (Å²) in [6.07, 6.45) is 11.2. The lowest BCUT2D eigenvalue weighted by Gasteiger charge is -2.23.